The van der Waals surface area contributed by atoms with Gasteiger partial charge in [0, 0.05) is 24.0 Å². The second-order valence-corrected chi connectivity index (χ2v) is 6.44. The molecule has 0 bridgehead atoms. The maximum atomic E-state index is 12.6. The van der Waals surface area contributed by atoms with Crippen molar-refractivity contribution in [2.45, 2.75) is 38.6 Å². The molecule has 1 atom stereocenters. The number of nitrogens with zero attached hydrogens (tertiary/aromatic N) is 2. The van der Waals surface area contributed by atoms with E-state index >= 15 is 0 Å². The third kappa shape index (κ3) is 1.94. The minimum Gasteiger partial charge on any atom is -0.299 e. The van der Waals surface area contributed by atoms with Crippen molar-refractivity contribution in [3.05, 3.63) is 35.5 Å². The van der Waals surface area contributed by atoms with Gasteiger partial charge in [-0.1, -0.05) is 18.2 Å². The van der Waals surface area contributed by atoms with Crippen LogP contribution in [-0.2, 0) is 11.2 Å². The van der Waals surface area contributed by atoms with Crippen molar-refractivity contribution in [2.24, 2.45) is 0 Å². The van der Waals surface area contributed by atoms with Crippen LogP contribution in [0, 0.1) is 0 Å². The zero-order valence-electron chi connectivity index (χ0n) is 12.8. The molecule has 3 heterocycles. The summed E-state index contributed by atoms with van der Waals surface area (Å²) in [5, 5.41) is 1.21. The maximum absolute atomic E-state index is 12.6. The monoisotopic (exact) mass is 296 g/mol. The zero-order chi connectivity index (χ0) is 15.3. The number of rotatable bonds is 2. The summed E-state index contributed by atoms with van der Waals surface area (Å²) in [6.07, 6.45) is 3.37. The fourth-order valence-electron chi connectivity index (χ4n) is 4.15. The van der Waals surface area contributed by atoms with Crippen LogP contribution in [-0.4, -0.2) is 34.2 Å². The molecule has 0 saturated heterocycles. The Morgan fingerprint density at radius 1 is 1.27 bits per heavy atom. The van der Waals surface area contributed by atoms with Crippen LogP contribution < -0.4 is 0 Å². The minimum atomic E-state index is 0.196. The van der Waals surface area contributed by atoms with E-state index < -0.39 is 0 Å². The first-order valence-corrected chi connectivity index (χ1v) is 8.05. The third-order valence-corrected chi connectivity index (χ3v) is 4.97. The van der Waals surface area contributed by atoms with Crippen LogP contribution in [0.2, 0.25) is 0 Å². The van der Waals surface area contributed by atoms with Crippen LogP contribution in [0.25, 0.3) is 10.9 Å². The van der Waals surface area contributed by atoms with Crippen molar-refractivity contribution < 1.29 is 9.59 Å². The van der Waals surface area contributed by atoms with Gasteiger partial charge in [-0.15, -0.1) is 0 Å². The van der Waals surface area contributed by atoms with Gasteiger partial charge < -0.3 is 0 Å². The number of Topliss-reactive ketones (excluding diaryl/α,β-unsaturated/α-hetero) is 1. The standard InChI is InChI=1S/C18H20N2O2/c1-12(21)11-19-10-9-14-13-5-2-3-6-15(13)20-17(22)8-4-7-16(19)18(14)20/h2-3,5-6,16H,4,7-11H2,1H3. The molecule has 2 aliphatic rings. The zero-order valence-corrected chi connectivity index (χ0v) is 12.8. The van der Waals surface area contributed by atoms with Crippen LogP contribution in [0.4, 0.5) is 0 Å². The molecule has 1 aromatic carbocycles. The lowest BCUT2D eigenvalue weighted by molar-refractivity contribution is -0.118. The molecule has 0 spiro atoms. The topological polar surface area (TPSA) is 42.3 Å². The largest absolute Gasteiger partial charge is 0.299 e. The van der Waals surface area contributed by atoms with Gasteiger partial charge in [0.2, 0.25) is 5.91 Å². The van der Waals surface area contributed by atoms with E-state index in [0.717, 1.165) is 37.0 Å². The lowest BCUT2D eigenvalue weighted by Gasteiger charge is -2.35. The van der Waals surface area contributed by atoms with Crippen molar-refractivity contribution in [3.8, 4) is 0 Å². The predicted molar refractivity (Wildman–Crippen MR) is 85.1 cm³/mol. The molecule has 2 aromatic rings. The smallest absolute Gasteiger partial charge is 0.231 e. The molecule has 0 radical (unpaired) electrons. The number of hydrogen-bond donors (Lipinski definition) is 0. The first kappa shape index (κ1) is 13.7. The van der Waals surface area contributed by atoms with Crippen LogP contribution in [0.5, 0.6) is 0 Å². The van der Waals surface area contributed by atoms with E-state index in [1.807, 2.05) is 22.8 Å². The first-order valence-electron chi connectivity index (χ1n) is 8.05. The Kier molecular flexibility index (Phi) is 3.15. The Labute approximate surface area is 129 Å². The number of aromatic nitrogens is 1. The summed E-state index contributed by atoms with van der Waals surface area (Å²) in [6.45, 7) is 3.03. The van der Waals surface area contributed by atoms with Gasteiger partial charge in [0.05, 0.1) is 18.1 Å². The Balaban J connectivity index is 1.95. The van der Waals surface area contributed by atoms with E-state index in [4.69, 9.17) is 0 Å². The third-order valence-electron chi connectivity index (χ3n) is 4.97. The van der Waals surface area contributed by atoms with Gasteiger partial charge in [-0.05, 0) is 37.8 Å². The molecule has 114 valence electrons. The van der Waals surface area contributed by atoms with Crippen LogP contribution in [0.3, 0.4) is 0 Å². The van der Waals surface area contributed by atoms with Crippen molar-refractivity contribution in [3.63, 3.8) is 0 Å². The average molecular weight is 296 g/mol. The molecule has 4 heteroatoms. The molecule has 1 unspecified atom stereocenters. The molecular weight excluding hydrogens is 276 g/mol. The predicted octanol–water partition coefficient (Wildman–Crippen LogP) is 2.95. The number of carbonyl (C=O) groups excluding carboxylic acids is 2. The van der Waals surface area contributed by atoms with E-state index in [0.29, 0.717) is 13.0 Å². The summed E-state index contributed by atoms with van der Waals surface area (Å²) in [6, 6.07) is 8.41. The molecule has 0 fully saturated rings. The van der Waals surface area contributed by atoms with Crippen molar-refractivity contribution >= 4 is 22.6 Å². The van der Waals surface area contributed by atoms with Crippen molar-refractivity contribution in [1.29, 1.82) is 0 Å². The summed E-state index contributed by atoms with van der Waals surface area (Å²) in [5.74, 6) is 0.395. The van der Waals surface area contributed by atoms with Gasteiger partial charge in [0.15, 0.2) is 0 Å². The highest BCUT2D eigenvalue weighted by atomic mass is 16.2. The highest BCUT2D eigenvalue weighted by molar-refractivity contribution is 5.96. The minimum absolute atomic E-state index is 0.196. The summed E-state index contributed by atoms with van der Waals surface area (Å²) in [4.78, 5) is 26.5. The molecule has 22 heavy (non-hydrogen) atoms. The van der Waals surface area contributed by atoms with Crippen molar-refractivity contribution in [1.82, 2.24) is 9.47 Å². The molecule has 2 aliphatic heterocycles. The second-order valence-electron chi connectivity index (χ2n) is 6.44. The Morgan fingerprint density at radius 2 is 2.09 bits per heavy atom. The molecular formula is C18H20N2O2. The first-order chi connectivity index (χ1) is 10.7. The molecule has 0 aliphatic carbocycles. The average Bonchev–Trinajstić information content (AvgIpc) is 2.72. The second kappa shape index (κ2) is 5.06. The SMILES string of the molecule is CC(=O)CN1CCc2c3n(c4ccccc24)C(=O)CCCC31. The fraction of sp³-hybridized carbons (Fsp3) is 0.444. The maximum Gasteiger partial charge on any atom is 0.231 e. The summed E-state index contributed by atoms with van der Waals surface area (Å²) in [7, 11) is 0. The molecule has 4 rings (SSSR count). The number of para-hydroxylation sites is 1. The van der Waals surface area contributed by atoms with Crippen LogP contribution in [0.1, 0.15) is 48.3 Å². The van der Waals surface area contributed by atoms with Gasteiger partial charge in [-0.3, -0.25) is 19.1 Å². The Bertz CT molecular complexity index is 775. The molecule has 0 amide bonds. The molecule has 1 aromatic heterocycles. The van der Waals surface area contributed by atoms with Gasteiger partial charge in [-0.25, -0.2) is 0 Å². The van der Waals surface area contributed by atoms with E-state index in [1.54, 1.807) is 6.92 Å². The summed E-state index contributed by atoms with van der Waals surface area (Å²) >= 11 is 0. The van der Waals surface area contributed by atoms with E-state index in [-0.39, 0.29) is 17.7 Å². The van der Waals surface area contributed by atoms with Crippen LogP contribution >= 0.6 is 0 Å². The number of ketones is 1. The Hall–Kier alpha value is -1.94. The van der Waals surface area contributed by atoms with Gasteiger partial charge in [-0.2, -0.15) is 0 Å². The number of carbonyl (C=O) groups is 2. The molecule has 4 nitrogen and oxygen atoms in total. The number of benzene rings is 1. The van der Waals surface area contributed by atoms with Crippen molar-refractivity contribution in [2.75, 3.05) is 13.1 Å². The number of hydrogen-bond acceptors (Lipinski definition) is 3. The fourth-order valence-corrected chi connectivity index (χ4v) is 4.15. The van der Waals surface area contributed by atoms with Crippen LogP contribution in [0.15, 0.2) is 24.3 Å². The van der Waals surface area contributed by atoms with Gasteiger partial charge >= 0.3 is 0 Å². The highest BCUT2D eigenvalue weighted by Gasteiger charge is 2.36. The van der Waals surface area contributed by atoms with Gasteiger partial charge in [0.1, 0.15) is 5.78 Å². The highest BCUT2D eigenvalue weighted by Crippen LogP contribution is 2.41. The van der Waals surface area contributed by atoms with Gasteiger partial charge in [0.25, 0.3) is 0 Å². The normalized spacial score (nSPS) is 21.7. The molecule has 0 N–H and O–H groups in total. The lowest BCUT2D eigenvalue weighted by Crippen LogP contribution is -2.39. The molecule has 0 saturated carbocycles. The van der Waals surface area contributed by atoms with E-state index in [1.165, 1.54) is 10.9 Å². The lowest BCUT2D eigenvalue weighted by atomic mass is 9.94. The summed E-state index contributed by atoms with van der Waals surface area (Å²) in [5.41, 5.74) is 3.50. The summed E-state index contributed by atoms with van der Waals surface area (Å²) < 4.78 is 1.94. The quantitative estimate of drug-likeness (QED) is 0.855. The van der Waals surface area contributed by atoms with E-state index in [2.05, 4.69) is 11.0 Å². The number of fused-ring (bicyclic) bond motifs is 3. The Morgan fingerprint density at radius 3 is 2.91 bits per heavy atom. The van der Waals surface area contributed by atoms with E-state index in [9.17, 15) is 9.59 Å².